The summed E-state index contributed by atoms with van der Waals surface area (Å²) in [4.78, 5) is 37.1. The standard InChI is InChI=1S/C28H34N2O5/c1-28(2,3)24(26(32)33)30-25(31)18-14-8-9-17(18)15-29-27(34)35-16-23-21-12-6-4-10-19(21)20-11-5-7-13-22(20)23/h4-7,10-13,17-18,23-24H,8-9,14-16H2,1-3H3,(H,29,34)(H,30,31)(H,32,33)/t17-,18-,24+/m1/s1. The number of amides is 2. The van der Waals surface area contributed by atoms with Gasteiger partial charge < -0.3 is 20.5 Å². The first-order valence-electron chi connectivity index (χ1n) is 12.3. The van der Waals surface area contributed by atoms with Gasteiger partial charge in [-0.25, -0.2) is 9.59 Å². The van der Waals surface area contributed by atoms with Crippen LogP contribution in [-0.4, -0.2) is 42.3 Å². The fourth-order valence-corrected chi connectivity index (χ4v) is 5.39. The summed E-state index contributed by atoms with van der Waals surface area (Å²) in [5.74, 6) is -1.69. The number of ether oxygens (including phenoxy) is 1. The van der Waals surface area contributed by atoms with Crippen molar-refractivity contribution in [2.75, 3.05) is 13.2 Å². The predicted molar refractivity (Wildman–Crippen MR) is 133 cm³/mol. The van der Waals surface area contributed by atoms with Gasteiger partial charge in [0.15, 0.2) is 0 Å². The Labute approximate surface area is 206 Å². The van der Waals surface area contributed by atoms with Crippen LogP contribution in [0, 0.1) is 17.3 Å². The number of carboxylic acids is 1. The van der Waals surface area contributed by atoms with Crippen molar-refractivity contribution in [3.8, 4) is 11.1 Å². The maximum absolute atomic E-state index is 12.9. The summed E-state index contributed by atoms with van der Waals surface area (Å²) in [6.45, 7) is 5.92. The monoisotopic (exact) mass is 478 g/mol. The largest absolute Gasteiger partial charge is 0.480 e. The number of carbonyl (C=O) groups excluding carboxylic acids is 2. The van der Waals surface area contributed by atoms with Crippen LogP contribution in [0.3, 0.4) is 0 Å². The fourth-order valence-electron chi connectivity index (χ4n) is 5.39. The van der Waals surface area contributed by atoms with Crippen LogP contribution in [-0.2, 0) is 14.3 Å². The summed E-state index contributed by atoms with van der Waals surface area (Å²) in [7, 11) is 0. The van der Waals surface area contributed by atoms with Crippen molar-refractivity contribution in [2.24, 2.45) is 17.3 Å². The van der Waals surface area contributed by atoms with Gasteiger partial charge in [0.2, 0.25) is 5.91 Å². The van der Waals surface area contributed by atoms with Crippen molar-refractivity contribution in [2.45, 2.75) is 52.0 Å². The Balaban J connectivity index is 1.32. The molecule has 1 fully saturated rings. The van der Waals surface area contributed by atoms with Gasteiger partial charge >= 0.3 is 12.1 Å². The number of rotatable bonds is 7. The van der Waals surface area contributed by atoms with E-state index in [-0.39, 0.29) is 30.3 Å². The summed E-state index contributed by atoms with van der Waals surface area (Å²) < 4.78 is 5.61. The molecule has 1 saturated carbocycles. The molecule has 2 aliphatic rings. The van der Waals surface area contributed by atoms with Gasteiger partial charge in [-0.15, -0.1) is 0 Å². The molecule has 0 aromatic heterocycles. The highest BCUT2D eigenvalue weighted by Crippen LogP contribution is 2.44. The van der Waals surface area contributed by atoms with E-state index in [0.717, 1.165) is 24.0 Å². The molecule has 35 heavy (non-hydrogen) atoms. The van der Waals surface area contributed by atoms with E-state index in [4.69, 9.17) is 4.74 Å². The number of carbonyl (C=O) groups is 3. The van der Waals surface area contributed by atoms with Crippen LogP contribution in [0.1, 0.15) is 57.1 Å². The Morgan fingerprint density at radius 3 is 2.17 bits per heavy atom. The van der Waals surface area contributed by atoms with E-state index in [0.29, 0.717) is 13.0 Å². The van der Waals surface area contributed by atoms with E-state index < -0.39 is 23.5 Å². The summed E-state index contributed by atoms with van der Waals surface area (Å²) in [5, 5.41) is 15.1. The molecule has 0 bridgehead atoms. The maximum Gasteiger partial charge on any atom is 0.407 e. The van der Waals surface area contributed by atoms with E-state index in [2.05, 4.69) is 34.9 Å². The minimum Gasteiger partial charge on any atom is -0.480 e. The van der Waals surface area contributed by atoms with E-state index in [1.54, 1.807) is 20.8 Å². The second-order valence-electron chi connectivity index (χ2n) is 10.6. The number of benzene rings is 2. The second kappa shape index (κ2) is 10.1. The van der Waals surface area contributed by atoms with Crippen molar-refractivity contribution in [3.05, 3.63) is 59.7 Å². The molecule has 0 radical (unpaired) electrons. The molecule has 0 saturated heterocycles. The zero-order chi connectivity index (χ0) is 25.2. The normalized spacial score (nSPS) is 20.0. The third kappa shape index (κ3) is 5.34. The van der Waals surface area contributed by atoms with Gasteiger partial charge in [-0.1, -0.05) is 75.7 Å². The molecule has 0 unspecified atom stereocenters. The summed E-state index contributed by atoms with van der Waals surface area (Å²) in [6, 6.07) is 15.4. The number of alkyl carbamates (subject to hydrolysis) is 1. The van der Waals surface area contributed by atoms with E-state index in [1.807, 2.05) is 24.3 Å². The Morgan fingerprint density at radius 2 is 1.60 bits per heavy atom. The second-order valence-corrected chi connectivity index (χ2v) is 10.6. The maximum atomic E-state index is 12.9. The smallest absolute Gasteiger partial charge is 0.407 e. The van der Waals surface area contributed by atoms with Crippen molar-refractivity contribution in [1.82, 2.24) is 10.6 Å². The first kappa shape index (κ1) is 24.8. The van der Waals surface area contributed by atoms with Crippen LogP contribution in [0.2, 0.25) is 0 Å². The van der Waals surface area contributed by atoms with Crippen LogP contribution in [0.5, 0.6) is 0 Å². The molecule has 186 valence electrons. The van der Waals surface area contributed by atoms with Crippen molar-refractivity contribution >= 4 is 18.0 Å². The summed E-state index contributed by atoms with van der Waals surface area (Å²) in [5.41, 5.74) is 4.05. The molecule has 7 nitrogen and oxygen atoms in total. The third-order valence-electron chi connectivity index (χ3n) is 7.25. The average molecular weight is 479 g/mol. The lowest BCUT2D eigenvalue weighted by molar-refractivity contribution is -0.145. The van der Waals surface area contributed by atoms with Gasteiger partial charge in [-0.05, 0) is 46.4 Å². The average Bonchev–Trinajstić information content (AvgIpc) is 3.41. The Bertz CT molecular complexity index is 1060. The molecular formula is C28H34N2O5. The van der Waals surface area contributed by atoms with E-state index >= 15 is 0 Å². The Morgan fingerprint density at radius 1 is 1.00 bits per heavy atom. The number of carboxylic acid groups (broad SMARTS) is 1. The molecule has 7 heteroatoms. The molecule has 4 rings (SSSR count). The molecule has 0 spiro atoms. The van der Waals surface area contributed by atoms with Gasteiger partial charge in [0.25, 0.3) is 0 Å². The SMILES string of the molecule is CC(C)(C)[C@@H](NC(=O)[C@@H]1CCC[C@@H]1CNC(=O)OCC1c2ccccc2-c2ccccc21)C(=O)O. The zero-order valence-electron chi connectivity index (χ0n) is 20.5. The van der Waals surface area contributed by atoms with Crippen LogP contribution in [0.4, 0.5) is 4.79 Å². The van der Waals surface area contributed by atoms with E-state index in [1.165, 1.54) is 11.1 Å². The van der Waals surface area contributed by atoms with Crippen molar-refractivity contribution in [1.29, 1.82) is 0 Å². The molecule has 0 heterocycles. The molecular weight excluding hydrogens is 444 g/mol. The topological polar surface area (TPSA) is 105 Å². The van der Waals surface area contributed by atoms with Crippen LogP contribution >= 0.6 is 0 Å². The number of hydrogen-bond acceptors (Lipinski definition) is 4. The third-order valence-corrected chi connectivity index (χ3v) is 7.25. The van der Waals surface area contributed by atoms with E-state index in [9.17, 15) is 19.5 Å². The fraction of sp³-hybridized carbons (Fsp3) is 0.464. The van der Waals surface area contributed by atoms with Crippen LogP contribution in [0.25, 0.3) is 11.1 Å². The predicted octanol–water partition coefficient (Wildman–Crippen LogP) is 4.56. The molecule has 3 N–H and O–H groups in total. The molecule has 2 aromatic rings. The van der Waals surface area contributed by atoms with Crippen LogP contribution in [0.15, 0.2) is 48.5 Å². The van der Waals surface area contributed by atoms with Crippen molar-refractivity contribution < 1.29 is 24.2 Å². The molecule has 2 aliphatic carbocycles. The quantitative estimate of drug-likeness (QED) is 0.541. The Kier molecular flexibility index (Phi) is 7.15. The first-order chi connectivity index (χ1) is 16.7. The van der Waals surface area contributed by atoms with Gasteiger partial charge in [0.1, 0.15) is 12.6 Å². The van der Waals surface area contributed by atoms with Gasteiger partial charge in [0.05, 0.1) is 0 Å². The van der Waals surface area contributed by atoms with Crippen LogP contribution < -0.4 is 10.6 Å². The summed E-state index contributed by atoms with van der Waals surface area (Å²) in [6.07, 6.45) is 1.84. The molecule has 2 aromatic carbocycles. The highest BCUT2D eigenvalue weighted by atomic mass is 16.5. The van der Waals surface area contributed by atoms with Gasteiger partial charge in [-0.3, -0.25) is 4.79 Å². The van der Waals surface area contributed by atoms with Crippen molar-refractivity contribution in [3.63, 3.8) is 0 Å². The lowest BCUT2D eigenvalue weighted by atomic mass is 9.85. The zero-order valence-corrected chi connectivity index (χ0v) is 20.5. The highest BCUT2D eigenvalue weighted by molar-refractivity contribution is 5.86. The lowest BCUT2D eigenvalue weighted by Crippen LogP contribution is -2.51. The number of hydrogen-bond donors (Lipinski definition) is 3. The lowest BCUT2D eigenvalue weighted by Gasteiger charge is -2.30. The molecule has 0 aliphatic heterocycles. The minimum absolute atomic E-state index is 0.0106. The molecule has 3 atom stereocenters. The van der Waals surface area contributed by atoms with Gasteiger partial charge in [-0.2, -0.15) is 0 Å². The number of aliphatic carboxylic acids is 1. The highest BCUT2D eigenvalue weighted by Gasteiger charge is 2.38. The minimum atomic E-state index is -1.04. The first-order valence-corrected chi connectivity index (χ1v) is 12.3. The summed E-state index contributed by atoms with van der Waals surface area (Å²) >= 11 is 0. The number of fused-ring (bicyclic) bond motifs is 3. The number of nitrogens with one attached hydrogen (secondary N) is 2. The van der Waals surface area contributed by atoms with Gasteiger partial charge in [0, 0.05) is 18.4 Å². The Hall–Kier alpha value is -3.35. The molecule has 2 amide bonds.